The molecule has 2 rings (SSSR count). The largest absolute Gasteiger partial charge is 0.393 e. The Labute approximate surface area is 116 Å². The van der Waals surface area contributed by atoms with Crippen LogP contribution in [0.3, 0.4) is 0 Å². The fraction of sp³-hybridized carbons (Fsp3) is 1.00. The van der Waals surface area contributed by atoms with Crippen LogP contribution in [0.2, 0.25) is 0 Å². The molecule has 0 aromatic heterocycles. The van der Waals surface area contributed by atoms with Crippen molar-refractivity contribution in [3.8, 4) is 0 Å². The molecule has 4 atom stereocenters. The summed E-state index contributed by atoms with van der Waals surface area (Å²) in [6, 6.07) is 0. The number of aliphatic hydroxyl groups is 1. The van der Waals surface area contributed by atoms with Gasteiger partial charge in [-0.05, 0) is 37.0 Å². The van der Waals surface area contributed by atoms with Crippen molar-refractivity contribution < 1.29 is 13.5 Å². The van der Waals surface area contributed by atoms with E-state index >= 15 is 0 Å². The molecular weight excluding hydrogens is 264 g/mol. The first-order chi connectivity index (χ1) is 8.88. The molecule has 0 bridgehead atoms. The van der Waals surface area contributed by atoms with Gasteiger partial charge in [0.1, 0.15) is 0 Å². The van der Waals surface area contributed by atoms with Gasteiger partial charge in [-0.25, -0.2) is 4.72 Å². The summed E-state index contributed by atoms with van der Waals surface area (Å²) < 4.78 is 28.8. The Balaban J connectivity index is 1.90. The summed E-state index contributed by atoms with van der Waals surface area (Å²) >= 11 is 0. The molecule has 4 unspecified atom stereocenters. The third kappa shape index (κ3) is 3.90. The van der Waals surface area contributed by atoms with Crippen molar-refractivity contribution in [2.45, 2.75) is 45.6 Å². The molecule has 0 spiro atoms. The van der Waals surface area contributed by atoms with Gasteiger partial charge in [0.05, 0.1) is 6.10 Å². The maximum absolute atomic E-state index is 12.3. The molecule has 1 saturated heterocycles. The standard InChI is InChI=1S/C13H26N2O3S/c1-10-6-11(2)9-15(8-10)19(17,18)14-7-12-4-3-5-13(12)16/h10-14,16H,3-9H2,1-2H3. The van der Waals surface area contributed by atoms with Crippen molar-refractivity contribution in [1.82, 2.24) is 9.03 Å². The number of hydrogen-bond donors (Lipinski definition) is 2. The van der Waals surface area contributed by atoms with Gasteiger partial charge in [-0.15, -0.1) is 0 Å². The third-order valence-electron chi connectivity index (χ3n) is 4.32. The van der Waals surface area contributed by atoms with Crippen LogP contribution in [0.15, 0.2) is 0 Å². The Morgan fingerprint density at radius 3 is 2.37 bits per heavy atom. The minimum absolute atomic E-state index is 0.0782. The van der Waals surface area contributed by atoms with Gasteiger partial charge < -0.3 is 5.11 Å². The molecule has 0 aromatic rings. The maximum Gasteiger partial charge on any atom is 0.279 e. The van der Waals surface area contributed by atoms with Gasteiger partial charge in [-0.1, -0.05) is 20.3 Å². The first-order valence-corrected chi connectivity index (χ1v) is 8.75. The molecule has 0 amide bonds. The molecule has 1 heterocycles. The molecule has 1 aliphatic carbocycles. The Hall–Kier alpha value is -0.170. The summed E-state index contributed by atoms with van der Waals surface area (Å²) in [6.45, 7) is 5.76. The highest BCUT2D eigenvalue weighted by Crippen LogP contribution is 2.26. The van der Waals surface area contributed by atoms with Gasteiger partial charge >= 0.3 is 0 Å². The Morgan fingerprint density at radius 1 is 1.21 bits per heavy atom. The molecule has 2 N–H and O–H groups in total. The summed E-state index contributed by atoms with van der Waals surface area (Å²) in [5, 5.41) is 9.73. The summed E-state index contributed by atoms with van der Waals surface area (Å²) in [6.07, 6.45) is 3.45. The topological polar surface area (TPSA) is 69.6 Å². The van der Waals surface area contributed by atoms with E-state index in [0.29, 0.717) is 31.5 Å². The lowest BCUT2D eigenvalue weighted by Gasteiger charge is -2.34. The summed E-state index contributed by atoms with van der Waals surface area (Å²) in [5.41, 5.74) is 0. The fourth-order valence-electron chi connectivity index (χ4n) is 3.36. The number of rotatable bonds is 4. The average Bonchev–Trinajstić information content (AvgIpc) is 2.71. The summed E-state index contributed by atoms with van der Waals surface area (Å²) in [4.78, 5) is 0. The second-order valence-corrected chi connectivity index (χ2v) is 8.13. The number of aliphatic hydroxyl groups excluding tert-OH is 1. The Morgan fingerprint density at radius 2 is 1.84 bits per heavy atom. The number of nitrogens with zero attached hydrogens (tertiary/aromatic N) is 1. The van der Waals surface area contributed by atoms with Crippen molar-refractivity contribution in [3.63, 3.8) is 0 Å². The molecular formula is C13H26N2O3S. The first kappa shape index (κ1) is 15.2. The smallest absolute Gasteiger partial charge is 0.279 e. The second kappa shape index (κ2) is 6.08. The zero-order valence-electron chi connectivity index (χ0n) is 11.9. The van der Waals surface area contributed by atoms with Crippen LogP contribution in [0.4, 0.5) is 0 Å². The summed E-state index contributed by atoms with van der Waals surface area (Å²) in [5.74, 6) is 0.907. The third-order valence-corrected chi connectivity index (χ3v) is 5.83. The van der Waals surface area contributed by atoms with Crippen LogP contribution < -0.4 is 4.72 Å². The van der Waals surface area contributed by atoms with Crippen LogP contribution in [0.5, 0.6) is 0 Å². The van der Waals surface area contributed by atoms with E-state index in [1.807, 2.05) is 0 Å². The zero-order chi connectivity index (χ0) is 14.0. The molecule has 112 valence electrons. The molecule has 0 aromatic carbocycles. The van der Waals surface area contributed by atoms with Gasteiger partial charge in [-0.2, -0.15) is 12.7 Å². The highest BCUT2D eigenvalue weighted by molar-refractivity contribution is 7.87. The van der Waals surface area contributed by atoms with Gasteiger partial charge in [-0.3, -0.25) is 0 Å². The lowest BCUT2D eigenvalue weighted by Crippen LogP contribution is -2.49. The Kier molecular flexibility index (Phi) is 4.87. The Bertz CT molecular complexity index is 389. The molecule has 5 nitrogen and oxygen atoms in total. The van der Waals surface area contributed by atoms with Crippen LogP contribution in [0.25, 0.3) is 0 Å². The number of piperidine rings is 1. The molecule has 1 saturated carbocycles. The van der Waals surface area contributed by atoms with Gasteiger partial charge in [0, 0.05) is 19.6 Å². The van der Waals surface area contributed by atoms with E-state index in [4.69, 9.17) is 0 Å². The molecule has 2 fully saturated rings. The summed E-state index contributed by atoms with van der Waals surface area (Å²) in [7, 11) is -3.39. The van der Waals surface area contributed by atoms with Crippen molar-refractivity contribution in [3.05, 3.63) is 0 Å². The van der Waals surface area contributed by atoms with E-state index in [1.165, 1.54) is 0 Å². The average molecular weight is 290 g/mol. The predicted molar refractivity (Wildman–Crippen MR) is 74.8 cm³/mol. The quantitative estimate of drug-likeness (QED) is 0.810. The van der Waals surface area contributed by atoms with Gasteiger partial charge in [0.2, 0.25) is 0 Å². The highest BCUT2D eigenvalue weighted by Gasteiger charge is 2.32. The van der Waals surface area contributed by atoms with Crippen molar-refractivity contribution in [2.75, 3.05) is 19.6 Å². The van der Waals surface area contributed by atoms with E-state index in [9.17, 15) is 13.5 Å². The molecule has 1 aliphatic heterocycles. The lowest BCUT2D eigenvalue weighted by molar-refractivity contribution is 0.134. The number of nitrogens with one attached hydrogen (secondary N) is 1. The lowest BCUT2D eigenvalue weighted by atomic mass is 9.94. The fourth-order valence-corrected chi connectivity index (χ4v) is 4.87. The highest BCUT2D eigenvalue weighted by atomic mass is 32.2. The van der Waals surface area contributed by atoms with E-state index in [1.54, 1.807) is 4.31 Å². The van der Waals surface area contributed by atoms with E-state index in [-0.39, 0.29) is 12.0 Å². The molecule has 19 heavy (non-hydrogen) atoms. The second-order valence-electron chi connectivity index (χ2n) is 6.37. The van der Waals surface area contributed by atoms with Crippen LogP contribution in [0.1, 0.15) is 39.5 Å². The number of hydrogen-bond acceptors (Lipinski definition) is 3. The van der Waals surface area contributed by atoms with Crippen LogP contribution in [0, 0.1) is 17.8 Å². The van der Waals surface area contributed by atoms with Crippen LogP contribution in [-0.4, -0.2) is 43.6 Å². The van der Waals surface area contributed by atoms with Crippen LogP contribution >= 0.6 is 0 Å². The van der Waals surface area contributed by atoms with Crippen molar-refractivity contribution in [2.24, 2.45) is 17.8 Å². The molecule has 2 aliphatic rings. The first-order valence-electron chi connectivity index (χ1n) is 7.31. The van der Waals surface area contributed by atoms with E-state index < -0.39 is 10.2 Å². The predicted octanol–water partition coefficient (Wildman–Crippen LogP) is 0.960. The SMILES string of the molecule is CC1CC(C)CN(S(=O)(=O)NCC2CCCC2O)C1. The van der Waals surface area contributed by atoms with E-state index in [0.717, 1.165) is 25.7 Å². The maximum atomic E-state index is 12.3. The van der Waals surface area contributed by atoms with E-state index in [2.05, 4.69) is 18.6 Å². The van der Waals surface area contributed by atoms with Crippen molar-refractivity contribution in [1.29, 1.82) is 0 Å². The monoisotopic (exact) mass is 290 g/mol. The normalized spacial score (nSPS) is 37.6. The molecule has 6 heteroatoms. The van der Waals surface area contributed by atoms with Crippen LogP contribution in [-0.2, 0) is 10.2 Å². The minimum atomic E-state index is -3.39. The minimum Gasteiger partial charge on any atom is -0.393 e. The van der Waals surface area contributed by atoms with Gasteiger partial charge in [0.25, 0.3) is 10.2 Å². The van der Waals surface area contributed by atoms with Gasteiger partial charge in [0.15, 0.2) is 0 Å². The van der Waals surface area contributed by atoms with Crippen molar-refractivity contribution >= 4 is 10.2 Å². The molecule has 0 radical (unpaired) electrons. The zero-order valence-corrected chi connectivity index (χ0v) is 12.7.